The fourth-order valence-electron chi connectivity index (χ4n) is 3.63. The van der Waals surface area contributed by atoms with Crippen molar-refractivity contribution in [3.8, 4) is 0 Å². The number of aromatic nitrogens is 2. The molecule has 3 heterocycles. The first-order valence-corrected chi connectivity index (χ1v) is 10.1. The zero-order valence-electron chi connectivity index (χ0n) is 15.4. The van der Waals surface area contributed by atoms with Crippen LogP contribution in [0.15, 0.2) is 52.2 Å². The Bertz CT molecular complexity index is 1150. The molecule has 2 aliphatic heterocycles. The Morgan fingerprint density at radius 1 is 1.07 bits per heavy atom. The molecule has 0 radical (unpaired) electrons. The molecule has 1 aromatic heterocycles. The molecular weight excluding hydrogens is 436 g/mol. The SMILES string of the molecule is O=C1c2ccccc2C(=O)N1CCn1cnc2c(Br)c(NC3=NCCN3)ccc21. The van der Waals surface area contributed by atoms with Gasteiger partial charge in [0.2, 0.25) is 0 Å². The van der Waals surface area contributed by atoms with Crippen LogP contribution in [0.3, 0.4) is 0 Å². The Kier molecular flexibility index (Phi) is 4.31. The van der Waals surface area contributed by atoms with E-state index < -0.39 is 0 Å². The molecule has 0 bridgehead atoms. The minimum atomic E-state index is -0.243. The van der Waals surface area contributed by atoms with E-state index in [2.05, 4.69) is 36.5 Å². The van der Waals surface area contributed by atoms with Gasteiger partial charge < -0.3 is 15.2 Å². The van der Waals surface area contributed by atoms with Gasteiger partial charge in [0.05, 0.1) is 39.7 Å². The van der Waals surface area contributed by atoms with E-state index in [4.69, 9.17) is 0 Å². The molecule has 2 aromatic carbocycles. The third-order valence-corrected chi connectivity index (χ3v) is 5.90. The third-order valence-electron chi connectivity index (χ3n) is 5.10. The van der Waals surface area contributed by atoms with Crippen molar-refractivity contribution in [2.24, 2.45) is 4.99 Å². The van der Waals surface area contributed by atoms with Crippen molar-refractivity contribution in [2.45, 2.75) is 6.54 Å². The van der Waals surface area contributed by atoms with Gasteiger partial charge in [-0.3, -0.25) is 19.5 Å². The molecular formula is C20H17BrN6O2. The monoisotopic (exact) mass is 452 g/mol. The van der Waals surface area contributed by atoms with E-state index in [1.54, 1.807) is 30.6 Å². The Hall–Kier alpha value is -3.20. The van der Waals surface area contributed by atoms with E-state index in [1.165, 1.54) is 4.90 Å². The number of nitrogens with zero attached hydrogens (tertiary/aromatic N) is 4. The van der Waals surface area contributed by atoms with Crippen LogP contribution in [0.1, 0.15) is 20.7 Å². The Morgan fingerprint density at radius 3 is 2.52 bits per heavy atom. The smallest absolute Gasteiger partial charge is 0.261 e. The number of benzene rings is 2. The second-order valence-electron chi connectivity index (χ2n) is 6.82. The first-order chi connectivity index (χ1) is 14.1. The summed E-state index contributed by atoms with van der Waals surface area (Å²) in [6, 6.07) is 10.8. The number of hydrogen-bond acceptors (Lipinski definition) is 6. The largest absolute Gasteiger partial charge is 0.354 e. The maximum atomic E-state index is 12.5. The van der Waals surface area contributed by atoms with Gasteiger partial charge in [0.25, 0.3) is 11.8 Å². The van der Waals surface area contributed by atoms with Crippen molar-refractivity contribution < 1.29 is 9.59 Å². The predicted octanol–water partition coefficient (Wildman–Crippen LogP) is 2.47. The lowest BCUT2D eigenvalue weighted by atomic mass is 10.1. The third kappa shape index (κ3) is 2.98. The van der Waals surface area contributed by atoms with E-state index in [0.717, 1.165) is 40.2 Å². The molecule has 0 saturated heterocycles. The second-order valence-corrected chi connectivity index (χ2v) is 7.62. The normalized spacial score (nSPS) is 15.6. The van der Waals surface area contributed by atoms with Crippen LogP contribution >= 0.6 is 15.9 Å². The molecule has 8 nitrogen and oxygen atoms in total. The number of imide groups is 1. The van der Waals surface area contributed by atoms with Crippen LogP contribution in [-0.4, -0.2) is 51.9 Å². The topological polar surface area (TPSA) is 91.6 Å². The van der Waals surface area contributed by atoms with Crippen LogP contribution in [0.25, 0.3) is 11.0 Å². The first-order valence-electron chi connectivity index (χ1n) is 9.27. The summed E-state index contributed by atoms with van der Waals surface area (Å²) in [5.74, 6) is 0.259. The molecule has 0 atom stereocenters. The first kappa shape index (κ1) is 17.9. The van der Waals surface area contributed by atoms with Crippen molar-refractivity contribution in [3.63, 3.8) is 0 Å². The average Bonchev–Trinajstić information content (AvgIpc) is 3.44. The van der Waals surface area contributed by atoms with Crippen LogP contribution in [0.5, 0.6) is 0 Å². The fourth-order valence-corrected chi connectivity index (χ4v) is 4.17. The molecule has 0 spiro atoms. The summed E-state index contributed by atoms with van der Waals surface area (Å²) in [5.41, 5.74) is 3.53. The number of nitrogens with one attached hydrogen (secondary N) is 2. The molecule has 9 heteroatoms. The van der Waals surface area contributed by atoms with E-state index in [1.807, 2.05) is 16.7 Å². The van der Waals surface area contributed by atoms with E-state index in [0.29, 0.717) is 17.7 Å². The van der Waals surface area contributed by atoms with Gasteiger partial charge in [0.15, 0.2) is 5.96 Å². The average molecular weight is 453 g/mol. The standard InChI is InChI=1S/C20H17BrN6O2/c21-16-14(25-20-22-7-8-23-20)5-6-15-17(16)24-11-26(15)9-10-27-18(28)12-3-1-2-4-13(12)19(27)29/h1-6,11H,7-10H2,(H2,22,23,25). The summed E-state index contributed by atoms with van der Waals surface area (Å²) in [7, 11) is 0. The van der Waals surface area contributed by atoms with Crippen LogP contribution < -0.4 is 10.6 Å². The van der Waals surface area contributed by atoms with Crippen LogP contribution in [-0.2, 0) is 6.54 Å². The second kappa shape index (κ2) is 7.00. The molecule has 29 heavy (non-hydrogen) atoms. The van der Waals surface area contributed by atoms with Gasteiger partial charge in [-0.15, -0.1) is 0 Å². The van der Waals surface area contributed by atoms with Crippen molar-refractivity contribution in [1.29, 1.82) is 0 Å². The highest BCUT2D eigenvalue weighted by Gasteiger charge is 2.34. The number of fused-ring (bicyclic) bond motifs is 2. The zero-order valence-corrected chi connectivity index (χ0v) is 16.9. The molecule has 3 aromatic rings. The number of hydrogen-bond donors (Lipinski definition) is 2. The maximum Gasteiger partial charge on any atom is 0.261 e. The van der Waals surface area contributed by atoms with Gasteiger partial charge in [0.1, 0.15) is 5.52 Å². The Labute approximate surface area is 174 Å². The van der Waals surface area contributed by atoms with Crippen LogP contribution in [0.4, 0.5) is 5.69 Å². The van der Waals surface area contributed by atoms with E-state index >= 15 is 0 Å². The van der Waals surface area contributed by atoms with Crippen molar-refractivity contribution in [1.82, 2.24) is 19.8 Å². The van der Waals surface area contributed by atoms with Gasteiger partial charge in [-0.25, -0.2) is 4.98 Å². The number of carbonyl (C=O) groups excluding carboxylic acids is 2. The van der Waals surface area contributed by atoms with Crippen LogP contribution in [0, 0.1) is 0 Å². The summed E-state index contributed by atoms with van der Waals surface area (Å²) in [4.78, 5) is 35.2. The lowest BCUT2D eigenvalue weighted by Crippen LogP contribution is -2.32. The molecule has 146 valence electrons. The number of imidazole rings is 1. The van der Waals surface area contributed by atoms with Crippen LogP contribution in [0.2, 0.25) is 0 Å². The number of anilines is 1. The number of rotatable bonds is 4. The molecule has 0 saturated carbocycles. The lowest BCUT2D eigenvalue weighted by Gasteiger charge is -2.15. The van der Waals surface area contributed by atoms with Crippen molar-refractivity contribution in [3.05, 3.63) is 58.3 Å². The quantitative estimate of drug-likeness (QED) is 0.593. The van der Waals surface area contributed by atoms with Crippen molar-refractivity contribution in [2.75, 3.05) is 25.0 Å². The summed E-state index contributed by atoms with van der Waals surface area (Å²) in [6.07, 6.45) is 1.72. The van der Waals surface area contributed by atoms with E-state index in [9.17, 15) is 9.59 Å². The van der Waals surface area contributed by atoms with Gasteiger partial charge >= 0.3 is 0 Å². The number of aliphatic imine (C=N–C) groups is 1. The molecule has 0 fully saturated rings. The molecule has 0 unspecified atom stereocenters. The highest BCUT2D eigenvalue weighted by atomic mass is 79.9. The lowest BCUT2D eigenvalue weighted by molar-refractivity contribution is 0.0649. The zero-order chi connectivity index (χ0) is 20.0. The fraction of sp³-hybridized carbons (Fsp3) is 0.200. The number of halogens is 1. The minimum Gasteiger partial charge on any atom is -0.354 e. The van der Waals surface area contributed by atoms with Gasteiger partial charge in [-0.05, 0) is 40.2 Å². The highest BCUT2D eigenvalue weighted by molar-refractivity contribution is 9.10. The molecule has 5 rings (SSSR count). The summed E-state index contributed by atoms with van der Waals surface area (Å²) >= 11 is 3.62. The van der Waals surface area contributed by atoms with Gasteiger partial charge in [-0.1, -0.05) is 12.1 Å². The Balaban J connectivity index is 1.36. The molecule has 2 aliphatic rings. The summed E-state index contributed by atoms with van der Waals surface area (Å²) < 4.78 is 2.78. The maximum absolute atomic E-state index is 12.5. The van der Waals surface area contributed by atoms with Crippen molar-refractivity contribution >= 4 is 50.4 Å². The van der Waals surface area contributed by atoms with Gasteiger partial charge in [0, 0.05) is 19.6 Å². The highest BCUT2D eigenvalue weighted by Crippen LogP contribution is 2.31. The Morgan fingerprint density at radius 2 is 1.83 bits per heavy atom. The molecule has 0 aliphatic carbocycles. The molecule has 2 N–H and O–H groups in total. The van der Waals surface area contributed by atoms with E-state index in [-0.39, 0.29) is 18.4 Å². The van der Waals surface area contributed by atoms with Gasteiger partial charge in [-0.2, -0.15) is 0 Å². The number of amides is 2. The number of guanidine groups is 1. The number of carbonyl (C=O) groups is 2. The predicted molar refractivity (Wildman–Crippen MR) is 113 cm³/mol. The molecule has 2 amide bonds. The minimum absolute atomic E-state index is 0.243. The summed E-state index contributed by atoms with van der Waals surface area (Å²) in [5, 5.41) is 6.43. The summed E-state index contributed by atoms with van der Waals surface area (Å²) in [6.45, 7) is 2.34.